The van der Waals surface area contributed by atoms with Gasteiger partial charge in [0.2, 0.25) is 0 Å². The average Bonchev–Trinajstić information content (AvgIpc) is 2.41. The van der Waals surface area contributed by atoms with Crippen LogP contribution in [0.25, 0.3) is 0 Å². The number of hydrogen-bond acceptors (Lipinski definition) is 1. The fraction of sp³-hybridized carbons (Fsp3) is 1.00. The molecule has 0 amide bonds. The second-order valence-electron chi connectivity index (χ2n) is 5.53. The maximum Gasteiger partial charge on any atom is 0.0152 e. The minimum Gasteiger partial charge on any atom is -0.316 e. The van der Waals surface area contributed by atoms with E-state index < -0.39 is 0 Å². The van der Waals surface area contributed by atoms with Crippen LogP contribution in [0.3, 0.4) is 0 Å². The Morgan fingerprint density at radius 2 is 1.93 bits per heavy atom. The normalized spacial score (nSPS) is 47.8. The maximum atomic E-state index is 3.57. The summed E-state index contributed by atoms with van der Waals surface area (Å²) in [5.74, 6) is 2.01. The molecule has 2 rings (SSSR count). The lowest BCUT2D eigenvalue weighted by atomic mass is 9.48. The molecule has 2 saturated carbocycles. The van der Waals surface area contributed by atoms with E-state index in [0.717, 1.165) is 17.9 Å². The van der Waals surface area contributed by atoms with Gasteiger partial charge < -0.3 is 5.32 Å². The fourth-order valence-electron chi connectivity index (χ4n) is 4.18. The molecule has 1 heteroatoms. The molecule has 0 radical (unpaired) electrons. The minimum atomic E-state index is 0.601. The second-order valence-corrected chi connectivity index (χ2v) is 5.53. The van der Waals surface area contributed by atoms with E-state index in [-0.39, 0.29) is 0 Å². The standard InChI is InChI=1S/C13H25N/c1-4-13(2)11-9-7-5-6-8-10(11)12(13)14-3/h10-12,14H,4-9H2,1-3H3. The average molecular weight is 195 g/mol. The Morgan fingerprint density at radius 1 is 1.21 bits per heavy atom. The third kappa shape index (κ3) is 1.32. The van der Waals surface area contributed by atoms with Gasteiger partial charge in [0.1, 0.15) is 0 Å². The van der Waals surface area contributed by atoms with Crippen LogP contribution < -0.4 is 5.32 Å². The van der Waals surface area contributed by atoms with Crippen LogP contribution >= 0.6 is 0 Å². The molecule has 2 fully saturated rings. The molecule has 0 heterocycles. The molecule has 1 N–H and O–H groups in total. The molecule has 0 aromatic rings. The first kappa shape index (κ1) is 10.5. The van der Waals surface area contributed by atoms with E-state index in [0.29, 0.717) is 5.41 Å². The zero-order valence-electron chi connectivity index (χ0n) is 9.97. The summed E-state index contributed by atoms with van der Waals surface area (Å²) >= 11 is 0. The van der Waals surface area contributed by atoms with E-state index in [1.54, 1.807) is 0 Å². The molecule has 4 unspecified atom stereocenters. The summed E-state index contributed by atoms with van der Waals surface area (Å²) < 4.78 is 0. The highest BCUT2D eigenvalue weighted by atomic mass is 15.0. The summed E-state index contributed by atoms with van der Waals surface area (Å²) in [6, 6.07) is 0.801. The van der Waals surface area contributed by atoms with E-state index in [1.165, 1.54) is 38.5 Å². The highest BCUT2D eigenvalue weighted by molar-refractivity contribution is 5.08. The van der Waals surface area contributed by atoms with Gasteiger partial charge in [-0.15, -0.1) is 0 Å². The van der Waals surface area contributed by atoms with Crippen LogP contribution in [-0.4, -0.2) is 13.1 Å². The highest BCUT2D eigenvalue weighted by Gasteiger charge is 2.56. The monoisotopic (exact) mass is 195 g/mol. The van der Waals surface area contributed by atoms with E-state index in [9.17, 15) is 0 Å². The van der Waals surface area contributed by atoms with Crippen molar-refractivity contribution in [3.05, 3.63) is 0 Å². The third-order valence-electron chi connectivity index (χ3n) is 5.13. The molecule has 1 nitrogen and oxygen atoms in total. The molecule has 0 bridgehead atoms. The molecule has 14 heavy (non-hydrogen) atoms. The number of nitrogens with one attached hydrogen (secondary N) is 1. The van der Waals surface area contributed by atoms with Gasteiger partial charge in [-0.3, -0.25) is 0 Å². The van der Waals surface area contributed by atoms with Crippen molar-refractivity contribution in [1.29, 1.82) is 0 Å². The van der Waals surface area contributed by atoms with Gasteiger partial charge in [0, 0.05) is 6.04 Å². The summed E-state index contributed by atoms with van der Waals surface area (Å²) in [6.07, 6.45) is 8.74. The number of fused-ring (bicyclic) bond motifs is 1. The van der Waals surface area contributed by atoms with Crippen molar-refractivity contribution in [3.8, 4) is 0 Å². The van der Waals surface area contributed by atoms with E-state index in [4.69, 9.17) is 0 Å². The first-order chi connectivity index (χ1) is 6.74. The van der Waals surface area contributed by atoms with E-state index in [2.05, 4.69) is 26.2 Å². The first-order valence-corrected chi connectivity index (χ1v) is 6.41. The summed E-state index contributed by atoms with van der Waals surface area (Å²) in [5, 5.41) is 3.57. The maximum absolute atomic E-state index is 3.57. The van der Waals surface area contributed by atoms with Crippen molar-refractivity contribution in [1.82, 2.24) is 5.32 Å². The Hall–Kier alpha value is -0.0400. The van der Waals surface area contributed by atoms with Crippen molar-refractivity contribution in [2.45, 2.75) is 58.4 Å². The van der Waals surface area contributed by atoms with Gasteiger partial charge in [0.25, 0.3) is 0 Å². The van der Waals surface area contributed by atoms with Crippen LogP contribution in [0.2, 0.25) is 0 Å². The van der Waals surface area contributed by atoms with Gasteiger partial charge in [-0.2, -0.15) is 0 Å². The van der Waals surface area contributed by atoms with Gasteiger partial charge in [0.05, 0.1) is 0 Å². The molecule has 2 aliphatic carbocycles. The molecular weight excluding hydrogens is 170 g/mol. The Balaban J connectivity index is 2.11. The van der Waals surface area contributed by atoms with Gasteiger partial charge >= 0.3 is 0 Å². The first-order valence-electron chi connectivity index (χ1n) is 6.41. The smallest absolute Gasteiger partial charge is 0.0152 e. The molecule has 4 atom stereocenters. The summed E-state index contributed by atoms with van der Waals surface area (Å²) in [7, 11) is 2.15. The van der Waals surface area contributed by atoms with Crippen LogP contribution in [0, 0.1) is 17.3 Å². The summed E-state index contributed by atoms with van der Waals surface area (Å²) in [5.41, 5.74) is 0.601. The highest BCUT2D eigenvalue weighted by Crippen LogP contribution is 2.57. The molecule has 0 spiro atoms. The zero-order chi connectivity index (χ0) is 10.2. The lowest BCUT2D eigenvalue weighted by molar-refractivity contribution is -0.0799. The molecule has 82 valence electrons. The molecule has 0 saturated heterocycles. The van der Waals surface area contributed by atoms with Gasteiger partial charge in [0.15, 0.2) is 0 Å². The molecular formula is C13H25N. The largest absolute Gasteiger partial charge is 0.316 e. The second kappa shape index (κ2) is 3.84. The predicted molar refractivity (Wildman–Crippen MR) is 61.3 cm³/mol. The SMILES string of the molecule is CCC1(C)C2CCCCCC2C1NC. The summed E-state index contributed by atoms with van der Waals surface area (Å²) in [6.45, 7) is 4.87. The number of rotatable bonds is 2. The van der Waals surface area contributed by atoms with Crippen LogP contribution in [-0.2, 0) is 0 Å². The quantitative estimate of drug-likeness (QED) is 0.713. The van der Waals surface area contributed by atoms with Crippen LogP contribution in [0.15, 0.2) is 0 Å². The van der Waals surface area contributed by atoms with Crippen LogP contribution in [0.5, 0.6) is 0 Å². The molecule has 0 aromatic heterocycles. The van der Waals surface area contributed by atoms with Crippen LogP contribution in [0.4, 0.5) is 0 Å². The van der Waals surface area contributed by atoms with Gasteiger partial charge in [-0.1, -0.05) is 33.1 Å². The van der Waals surface area contributed by atoms with E-state index in [1.807, 2.05) is 0 Å². The number of hydrogen-bond donors (Lipinski definition) is 1. The topological polar surface area (TPSA) is 12.0 Å². The lowest BCUT2D eigenvalue weighted by Gasteiger charge is -2.60. The third-order valence-corrected chi connectivity index (χ3v) is 5.13. The van der Waals surface area contributed by atoms with Crippen molar-refractivity contribution >= 4 is 0 Å². The fourth-order valence-corrected chi connectivity index (χ4v) is 4.18. The van der Waals surface area contributed by atoms with Crippen LogP contribution in [0.1, 0.15) is 52.4 Å². The Bertz CT molecular complexity index is 201. The molecule has 2 aliphatic rings. The predicted octanol–water partition coefficient (Wildman–Crippen LogP) is 3.20. The van der Waals surface area contributed by atoms with E-state index >= 15 is 0 Å². The zero-order valence-corrected chi connectivity index (χ0v) is 9.97. The lowest BCUT2D eigenvalue weighted by Crippen LogP contribution is -2.64. The summed E-state index contributed by atoms with van der Waals surface area (Å²) in [4.78, 5) is 0. The molecule has 0 aliphatic heterocycles. The van der Waals surface area contributed by atoms with Crippen molar-refractivity contribution < 1.29 is 0 Å². The Kier molecular flexibility index (Phi) is 2.88. The van der Waals surface area contributed by atoms with Gasteiger partial charge in [-0.25, -0.2) is 0 Å². The van der Waals surface area contributed by atoms with Crippen molar-refractivity contribution in [3.63, 3.8) is 0 Å². The van der Waals surface area contributed by atoms with Crippen molar-refractivity contribution in [2.75, 3.05) is 7.05 Å². The minimum absolute atomic E-state index is 0.601. The Morgan fingerprint density at radius 3 is 2.57 bits per heavy atom. The Labute approximate surface area is 88.7 Å². The molecule has 0 aromatic carbocycles. The van der Waals surface area contributed by atoms with Gasteiger partial charge in [-0.05, 0) is 43.6 Å². The van der Waals surface area contributed by atoms with Crippen molar-refractivity contribution in [2.24, 2.45) is 17.3 Å².